The van der Waals surface area contributed by atoms with E-state index in [1.54, 1.807) is 12.1 Å². The predicted octanol–water partition coefficient (Wildman–Crippen LogP) is 2.02. The number of alkyl halides is 3. The highest BCUT2D eigenvalue weighted by atomic mass is 19.4. The van der Waals surface area contributed by atoms with Crippen molar-refractivity contribution in [1.29, 1.82) is 5.26 Å². The first-order chi connectivity index (χ1) is 12.2. The number of fused-ring (bicyclic) bond motifs is 1. The van der Waals surface area contributed by atoms with Crippen LogP contribution in [-0.4, -0.2) is 20.9 Å². The maximum Gasteiger partial charge on any atom is 0.417 e. The number of H-pyrrole nitrogens is 1. The summed E-state index contributed by atoms with van der Waals surface area (Å²) in [5.41, 5.74) is 12.0. The normalized spacial score (nSPS) is 13.1. The number of rotatable bonds is 3. The van der Waals surface area contributed by atoms with Crippen molar-refractivity contribution in [3.63, 3.8) is 0 Å². The number of hydrogen-bond donors (Lipinski definition) is 3. The second-order valence-electron chi connectivity index (χ2n) is 5.58. The number of aromatic amines is 1. The lowest BCUT2D eigenvalue weighted by molar-refractivity contribution is -0.164. The van der Waals surface area contributed by atoms with E-state index in [-0.39, 0.29) is 34.5 Å². The molecule has 5 N–H and O–H groups in total. The molecule has 0 radical (unpaired) electrons. The minimum absolute atomic E-state index is 0.0405. The number of benzene rings is 1. The van der Waals surface area contributed by atoms with Gasteiger partial charge in [0.2, 0.25) is 0 Å². The number of hydrogen-bond acceptors (Lipinski definition) is 6. The molecule has 0 fully saturated rings. The Balaban J connectivity index is 2.31. The van der Waals surface area contributed by atoms with Gasteiger partial charge in [-0.1, -0.05) is 6.07 Å². The van der Waals surface area contributed by atoms with E-state index < -0.39 is 23.8 Å². The minimum atomic E-state index is -4.61. The largest absolute Gasteiger partial charge is 0.417 e. The van der Waals surface area contributed by atoms with Crippen LogP contribution in [0.3, 0.4) is 0 Å². The first-order valence-electron chi connectivity index (χ1n) is 7.39. The van der Waals surface area contributed by atoms with E-state index in [1.165, 1.54) is 6.07 Å². The van der Waals surface area contributed by atoms with E-state index in [4.69, 9.17) is 15.9 Å². The van der Waals surface area contributed by atoms with Crippen LogP contribution in [0.1, 0.15) is 24.1 Å². The average molecular weight is 366 g/mol. The lowest BCUT2D eigenvalue weighted by Gasteiger charge is -2.17. The molecule has 26 heavy (non-hydrogen) atoms. The molecule has 0 bridgehead atoms. The van der Waals surface area contributed by atoms with Gasteiger partial charge in [-0.2, -0.15) is 23.5 Å². The molecule has 0 aliphatic carbocycles. The van der Waals surface area contributed by atoms with Gasteiger partial charge in [-0.25, -0.2) is 9.48 Å². The Morgan fingerprint density at radius 3 is 2.73 bits per heavy atom. The second-order valence-corrected chi connectivity index (χ2v) is 5.58. The quantitative estimate of drug-likeness (QED) is 0.648. The predicted molar refractivity (Wildman–Crippen MR) is 85.8 cm³/mol. The zero-order chi connectivity index (χ0) is 19.2. The van der Waals surface area contributed by atoms with Crippen molar-refractivity contribution in [2.75, 3.05) is 5.73 Å². The molecule has 0 aliphatic rings. The molecule has 0 aliphatic heterocycles. The van der Waals surface area contributed by atoms with Crippen molar-refractivity contribution < 1.29 is 17.6 Å². The van der Waals surface area contributed by atoms with Gasteiger partial charge in [-0.05, 0) is 18.6 Å². The number of aromatic nitrogens is 3. The van der Waals surface area contributed by atoms with Gasteiger partial charge in [0.05, 0.1) is 5.52 Å². The number of nitriles is 1. The van der Waals surface area contributed by atoms with Gasteiger partial charge in [0, 0.05) is 12.1 Å². The van der Waals surface area contributed by atoms with Crippen molar-refractivity contribution in [2.24, 2.45) is 5.73 Å². The van der Waals surface area contributed by atoms with Gasteiger partial charge in [-0.15, -0.1) is 0 Å². The van der Waals surface area contributed by atoms with Crippen LogP contribution in [0.4, 0.5) is 19.0 Å². The Hall–Kier alpha value is -3.26. The summed E-state index contributed by atoms with van der Waals surface area (Å²) in [6.45, 7) is 0.969. The number of nitrogens with zero attached hydrogens (tertiary/aromatic N) is 3. The van der Waals surface area contributed by atoms with Crippen molar-refractivity contribution in [3.05, 3.63) is 33.8 Å². The lowest BCUT2D eigenvalue weighted by Crippen LogP contribution is -2.25. The van der Waals surface area contributed by atoms with E-state index in [2.05, 4.69) is 10.1 Å². The molecule has 0 amide bonds. The molecule has 1 unspecified atom stereocenters. The van der Waals surface area contributed by atoms with Crippen LogP contribution >= 0.6 is 0 Å². The second kappa shape index (κ2) is 5.92. The summed E-state index contributed by atoms with van der Waals surface area (Å²) in [4.78, 5) is 14.0. The van der Waals surface area contributed by atoms with E-state index in [1.807, 2.05) is 0 Å². The van der Waals surface area contributed by atoms with Crippen LogP contribution in [0.5, 0.6) is 0 Å². The van der Waals surface area contributed by atoms with Gasteiger partial charge in [0.15, 0.2) is 5.58 Å². The average Bonchev–Trinajstić information content (AvgIpc) is 3.11. The van der Waals surface area contributed by atoms with Crippen molar-refractivity contribution in [1.82, 2.24) is 14.8 Å². The summed E-state index contributed by atoms with van der Waals surface area (Å²) in [7, 11) is 0. The van der Waals surface area contributed by atoms with Crippen LogP contribution in [-0.2, 0) is 6.54 Å². The Labute approximate surface area is 143 Å². The first-order valence-corrected chi connectivity index (χ1v) is 7.39. The number of nitrogens with two attached hydrogens (primary N) is 2. The molecule has 0 saturated heterocycles. The van der Waals surface area contributed by atoms with Crippen molar-refractivity contribution >= 4 is 16.9 Å². The Bertz CT molecular complexity index is 1090. The van der Waals surface area contributed by atoms with E-state index in [0.29, 0.717) is 10.2 Å². The van der Waals surface area contributed by atoms with Gasteiger partial charge in [0.1, 0.15) is 29.2 Å². The zero-order valence-corrected chi connectivity index (χ0v) is 13.4. The summed E-state index contributed by atoms with van der Waals surface area (Å²) in [5, 5.41) is 13.2. The number of halogens is 3. The van der Waals surface area contributed by atoms with Crippen LogP contribution < -0.4 is 17.2 Å². The summed E-state index contributed by atoms with van der Waals surface area (Å²) in [6, 6.07) is 2.74. The summed E-state index contributed by atoms with van der Waals surface area (Å²) in [6.07, 6.45) is -4.61. The number of nitrogens with one attached hydrogen (secondary N) is 1. The van der Waals surface area contributed by atoms with Crippen LogP contribution in [0.15, 0.2) is 21.3 Å². The third-order valence-corrected chi connectivity index (χ3v) is 4.04. The molecule has 0 spiro atoms. The zero-order valence-electron chi connectivity index (χ0n) is 13.4. The maximum absolute atomic E-state index is 13.0. The standard InChI is InChI=1S/C15H13F3N6O2/c1-6(15(16,17)18)24-13(21)9(5-20)11(23-24)8-3-2-7(4-19)10-12(8)26-14(25)22-10/h2-3,6H,4,19,21H2,1H3,(H,22,25). The fourth-order valence-electron chi connectivity index (χ4n) is 2.62. The van der Waals surface area contributed by atoms with Crippen LogP contribution in [0.25, 0.3) is 22.4 Å². The van der Waals surface area contributed by atoms with Crippen molar-refractivity contribution in [2.45, 2.75) is 25.7 Å². The SMILES string of the molecule is CC(n1nc(-c2ccc(CN)c3[nH]c(=O)oc23)c(C#N)c1N)C(F)(F)F. The maximum atomic E-state index is 13.0. The molecule has 1 atom stereocenters. The molecule has 1 aromatic carbocycles. The number of oxazole rings is 1. The Morgan fingerprint density at radius 1 is 1.46 bits per heavy atom. The lowest BCUT2D eigenvalue weighted by atomic mass is 10.0. The molecular weight excluding hydrogens is 353 g/mol. The third-order valence-electron chi connectivity index (χ3n) is 4.04. The van der Waals surface area contributed by atoms with Gasteiger partial charge in [-0.3, -0.25) is 4.98 Å². The van der Waals surface area contributed by atoms with Gasteiger partial charge in [0.25, 0.3) is 0 Å². The third kappa shape index (κ3) is 2.60. The molecule has 8 nitrogen and oxygen atoms in total. The molecule has 2 aromatic heterocycles. The summed E-state index contributed by atoms with van der Waals surface area (Å²) >= 11 is 0. The number of nitrogen functional groups attached to an aromatic ring is 1. The Kier molecular flexibility index (Phi) is 4.00. The van der Waals surface area contributed by atoms with Crippen LogP contribution in [0.2, 0.25) is 0 Å². The first kappa shape index (κ1) is 17.6. The van der Waals surface area contributed by atoms with Gasteiger partial charge < -0.3 is 15.9 Å². The molecular formula is C15H13F3N6O2. The van der Waals surface area contributed by atoms with Crippen molar-refractivity contribution in [3.8, 4) is 17.3 Å². The highest BCUT2D eigenvalue weighted by Crippen LogP contribution is 2.37. The Morgan fingerprint density at radius 2 is 2.15 bits per heavy atom. The summed E-state index contributed by atoms with van der Waals surface area (Å²) in [5.74, 6) is -1.20. The molecule has 136 valence electrons. The minimum Gasteiger partial charge on any atom is -0.407 e. The highest BCUT2D eigenvalue weighted by Gasteiger charge is 2.40. The molecule has 2 heterocycles. The fourth-order valence-corrected chi connectivity index (χ4v) is 2.62. The molecule has 11 heteroatoms. The van der Waals surface area contributed by atoms with Crippen LogP contribution in [0, 0.1) is 11.3 Å². The van der Waals surface area contributed by atoms with E-state index in [9.17, 15) is 23.2 Å². The smallest absolute Gasteiger partial charge is 0.407 e. The topological polar surface area (TPSA) is 140 Å². The highest BCUT2D eigenvalue weighted by molar-refractivity contribution is 5.93. The van der Waals surface area contributed by atoms with E-state index in [0.717, 1.165) is 6.92 Å². The molecule has 3 rings (SSSR count). The fraction of sp³-hybridized carbons (Fsp3) is 0.267. The molecule has 0 saturated carbocycles. The monoisotopic (exact) mass is 366 g/mol. The molecule has 3 aromatic rings. The van der Waals surface area contributed by atoms with E-state index >= 15 is 0 Å². The summed E-state index contributed by atoms with van der Waals surface area (Å²) < 4.78 is 44.7. The van der Waals surface area contributed by atoms with Gasteiger partial charge >= 0.3 is 11.9 Å². The number of anilines is 1.